The summed E-state index contributed by atoms with van der Waals surface area (Å²) in [5, 5.41) is 12.6. The quantitative estimate of drug-likeness (QED) is 0.466. The van der Waals surface area contributed by atoms with Crippen LogP contribution in [-0.4, -0.2) is 34.7 Å². The van der Waals surface area contributed by atoms with Crippen molar-refractivity contribution >= 4 is 33.4 Å². The minimum atomic E-state index is -0.509. The van der Waals surface area contributed by atoms with Gasteiger partial charge in [-0.3, -0.25) is 0 Å². The van der Waals surface area contributed by atoms with Gasteiger partial charge in [-0.1, -0.05) is 30.0 Å². The van der Waals surface area contributed by atoms with E-state index < -0.39 is 6.23 Å². The molecule has 0 saturated carbocycles. The van der Waals surface area contributed by atoms with Crippen molar-refractivity contribution in [2.45, 2.75) is 25.2 Å². The predicted octanol–water partition coefficient (Wildman–Crippen LogP) is 5.32. The highest BCUT2D eigenvalue weighted by Gasteiger charge is 2.27. The van der Waals surface area contributed by atoms with Crippen LogP contribution in [0.1, 0.15) is 25.6 Å². The maximum atomic E-state index is 6.30. The van der Waals surface area contributed by atoms with Gasteiger partial charge in [-0.2, -0.15) is 4.98 Å². The van der Waals surface area contributed by atoms with Crippen molar-refractivity contribution in [1.82, 2.24) is 15.2 Å². The third kappa shape index (κ3) is 4.04. The Morgan fingerprint density at radius 3 is 2.70 bits per heavy atom. The maximum Gasteiger partial charge on any atom is 0.247 e. The van der Waals surface area contributed by atoms with E-state index in [1.807, 2.05) is 56.5 Å². The van der Waals surface area contributed by atoms with Crippen molar-refractivity contribution in [2.24, 2.45) is 0 Å². The number of rotatable bonds is 6. The van der Waals surface area contributed by atoms with E-state index in [2.05, 4.69) is 36.4 Å². The molecule has 1 atom stereocenters. The second-order valence-electron chi connectivity index (χ2n) is 6.34. The molecule has 9 heteroatoms. The number of hydrogen-bond donors (Lipinski definition) is 1. The lowest BCUT2D eigenvalue weighted by Crippen LogP contribution is -2.17. The number of halogens is 1. The number of anilines is 1. The van der Waals surface area contributed by atoms with Crippen LogP contribution >= 0.6 is 27.7 Å². The number of thioether (sulfide) groups is 1. The van der Waals surface area contributed by atoms with Crippen LogP contribution in [-0.2, 0) is 0 Å². The third-order valence-corrected chi connectivity index (χ3v) is 5.57. The van der Waals surface area contributed by atoms with Crippen LogP contribution in [0.25, 0.3) is 11.3 Å². The number of nitrogens with one attached hydrogen (secondary N) is 1. The van der Waals surface area contributed by atoms with Gasteiger partial charge in [0.15, 0.2) is 23.4 Å². The van der Waals surface area contributed by atoms with Crippen molar-refractivity contribution in [3.63, 3.8) is 0 Å². The van der Waals surface area contributed by atoms with E-state index in [1.54, 1.807) is 0 Å². The Labute approximate surface area is 187 Å². The fourth-order valence-electron chi connectivity index (χ4n) is 3.17. The molecule has 30 heavy (non-hydrogen) atoms. The normalized spacial score (nSPS) is 14.6. The first-order chi connectivity index (χ1) is 14.6. The highest BCUT2D eigenvalue weighted by Crippen LogP contribution is 2.43. The molecule has 1 aromatic heterocycles. The third-order valence-electron chi connectivity index (χ3n) is 4.44. The monoisotopic (exact) mass is 488 g/mol. The Balaban J connectivity index is 1.82. The van der Waals surface area contributed by atoms with Gasteiger partial charge >= 0.3 is 0 Å². The van der Waals surface area contributed by atoms with Gasteiger partial charge in [0, 0.05) is 16.8 Å². The van der Waals surface area contributed by atoms with Crippen molar-refractivity contribution in [3.8, 4) is 28.6 Å². The summed E-state index contributed by atoms with van der Waals surface area (Å²) in [4.78, 5) is 4.55. The van der Waals surface area contributed by atoms with Gasteiger partial charge in [-0.05, 0) is 54.2 Å². The van der Waals surface area contributed by atoms with Crippen LogP contribution in [0.5, 0.6) is 17.4 Å². The van der Waals surface area contributed by atoms with Crippen LogP contribution in [0, 0.1) is 0 Å². The Hall–Kier alpha value is -2.52. The summed E-state index contributed by atoms with van der Waals surface area (Å²) in [6.07, 6.45) is 1.40. The van der Waals surface area contributed by atoms with Crippen LogP contribution in [0.2, 0.25) is 0 Å². The van der Waals surface area contributed by atoms with Crippen molar-refractivity contribution in [2.75, 3.05) is 24.8 Å². The zero-order valence-electron chi connectivity index (χ0n) is 16.8. The van der Waals surface area contributed by atoms with Gasteiger partial charge in [-0.25, -0.2) is 0 Å². The largest absolute Gasteiger partial charge is 0.490 e. The first-order valence-electron chi connectivity index (χ1n) is 9.54. The fourth-order valence-corrected chi connectivity index (χ4v) is 4.04. The molecule has 0 amide bonds. The molecule has 7 nitrogen and oxygen atoms in total. The number of para-hydroxylation sites is 1. The lowest BCUT2D eigenvalue weighted by Gasteiger charge is -2.21. The molecule has 1 aliphatic heterocycles. The minimum absolute atomic E-state index is 0.430. The zero-order valence-corrected chi connectivity index (χ0v) is 19.2. The summed E-state index contributed by atoms with van der Waals surface area (Å²) >= 11 is 5.03. The van der Waals surface area contributed by atoms with Crippen LogP contribution < -0.4 is 19.5 Å². The Morgan fingerprint density at radius 1 is 1.13 bits per heavy atom. The average Bonchev–Trinajstić information content (AvgIpc) is 2.92. The molecule has 0 spiro atoms. The van der Waals surface area contributed by atoms with Crippen LogP contribution in [0.4, 0.5) is 5.69 Å². The number of fused-ring (bicyclic) bond motifs is 3. The van der Waals surface area contributed by atoms with E-state index in [-0.39, 0.29) is 0 Å². The van der Waals surface area contributed by atoms with Gasteiger partial charge in [0.2, 0.25) is 11.0 Å². The van der Waals surface area contributed by atoms with Gasteiger partial charge in [0.05, 0.1) is 17.7 Å². The smallest absolute Gasteiger partial charge is 0.247 e. The van der Waals surface area contributed by atoms with E-state index in [0.29, 0.717) is 41.4 Å². The Kier molecular flexibility index (Phi) is 6.29. The number of hydrogen-bond acceptors (Lipinski definition) is 8. The number of benzene rings is 2. The zero-order chi connectivity index (χ0) is 21.1. The molecule has 1 N–H and O–H groups in total. The molecule has 4 rings (SSSR count). The lowest BCUT2D eigenvalue weighted by atomic mass is 10.1. The number of aromatic nitrogens is 3. The van der Waals surface area contributed by atoms with Crippen molar-refractivity contribution in [3.05, 3.63) is 46.4 Å². The molecule has 0 unspecified atom stereocenters. The van der Waals surface area contributed by atoms with E-state index in [4.69, 9.17) is 14.2 Å². The summed E-state index contributed by atoms with van der Waals surface area (Å²) < 4.78 is 18.7. The van der Waals surface area contributed by atoms with Gasteiger partial charge in [0.1, 0.15) is 0 Å². The minimum Gasteiger partial charge on any atom is -0.490 e. The van der Waals surface area contributed by atoms with E-state index >= 15 is 0 Å². The summed E-state index contributed by atoms with van der Waals surface area (Å²) in [6, 6.07) is 11.8. The predicted molar refractivity (Wildman–Crippen MR) is 121 cm³/mol. The second-order valence-corrected chi connectivity index (χ2v) is 7.96. The Morgan fingerprint density at radius 2 is 1.93 bits per heavy atom. The number of nitrogens with zero attached hydrogens (tertiary/aromatic N) is 3. The first kappa shape index (κ1) is 20.7. The molecule has 0 saturated heterocycles. The van der Waals surface area contributed by atoms with Gasteiger partial charge in [0.25, 0.3) is 0 Å². The van der Waals surface area contributed by atoms with E-state index in [9.17, 15) is 0 Å². The topological polar surface area (TPSA) is 78.4 Å². The van der Waals surface area contributed by atoms with Gasteiger partial charge < -0.3 is 19.5 Å². The highest BCUT2D eigenvalue weighted by atomic mass is 79.9. The van der Waals surface area contributed by atoms with Gasteiger partial charge in [-0.15, -0.1) is 10.2 Å². The van der Waals surface area contributed by atoms with E-state index in [1.165, 1.54) is 11.8 Å². The second kappa shape index (κ2) is 9.09. The maximum absolute atomic E-state index is 6.30. The summed E-state index contributed by atoms with van der Waals surface area (Å²) in [5.41, 5.74) is 3.24. The molecule has 0 bridgehead atoms. The molecule has 0 aliphatic carbocycles. The molecular formula is C21H21BrN4O3S. The SMILES string of the molecule is CCOc1cc([C@@H]2Nc3ccccc3-c3nnc(SC)nc3O2)cc(Br)c1OCC. The number of ether oxygens (including phenoxy) is 3. The van der Waals surface area contributed by atoms with Crippen molar-refractivity contribution < 1.29 is 14.2 Å². The lowest BCUT2D eigenvalue weighted by molar-refractivity contribution is 0.223. The molecular weight excluding hydrogens is 468 g/mol. The standard InChI is InChI=1S/C21H21BrN4O3S/c1-4-27-16-11-12(10-14(22)18(16)28-5-2)19-23-15-9-7-6-8-13(15)17-20(29-19)24-21(30-3)26-25-17/h6-11,19,23H,4-5H2,1-3H3/t19-/m1/s1. The van der Waals surface area contributed by atoms with Crippen molar-refractivity contribution in [1.29, 1.82) is 0 Å². The average molecular weight is 489 g/mol. The summed E-state index contributed by atoms with van der Waals surface area (Å²) in [7, 11) is 0. The Bertz CT molecular complexity index is 1070. The molecule has 2 heterocycles. The fraction of sp³-hybridized carbons (Fsp3) is 0.286. The summed E-state index contributed by atoms with van der Waals surface area (Å²) in [5.74, 6) is 1.75. The highest BCUT2D eigenvalue weighted by molar-refractivity contribution is 9.10. The molecule has 1 aliphatic rings. The van der Waals surface area contributed by atoms with E-state index in [0.717, 1.165) is 21.3 Å². The van der Waals surface area contributed by atoms with Crippen LogP contribution in [0.15, 0.2) is 46.0 Å². The molecule has 0 radical (unpaired) electrons. The first-order valence-corrected chi connectivity index (χ1v) is 11.6. The molecule has 2 aromatic carbocycles. The molecule has 156 valence electrons. The summed E-state index contributed by atoms with van der Waals surface area (Å²) in [6.45, 7) is 4.94. The molecule has 3 aromatic rings. The van der Waals surface area contributed by atoms with Crippen LogP contribution in [0.3, 0.4) is 0 Å². The molecule has 0 fully saturated rings.